The van der Waals surface area contributed by atoms with Crippen molar-refractivity contribution in [1.82, 2.24) is 0 Å². The van der Waals surface area contributed by atoms with Crippen LogP contribution in [0.5, 0.6) is 0 Å². The predicted octanol–water partition coefficient (Wildman–Crippen LogP) is 2.24. The van der Waals surface area contributed by atoms with Crippen LogP contribution in [0.1, 0.15) is 13.8 Å². The maximum absolute atomic E-state index is 11.8. The monoisotopic (exact) mass is 338 g/mol. The zero-order valence-electron chi connectivity index (χ0n) is 13.3. The van der Waals surface area contributed by atoms with Crippen molar-refractivity contribution in [2.45, 2.75) is 18.7 Å². The molecule has 0 aromatic heterocycles. The van der Waals surface area contributed by atoms with Crippen LogP contribution < -0.4 is 11.5 Å². The molecule has 0 radical (unpaired) electrons. The zero-order chi connectivity index (χ0) is 17.4. The summed E-state index contributed by atoms with van der Waals surface area (Å²) < 4.78 is 9.90. The van der Waals surface area contributed by atoms with E-state index in [-0.39, 0.29) is 25.1 Å². The molecule has 0 saturated heterocycles. The SMILES string of the molecule is C=C(C)C(=O)OCCOC(=O)C(C)CSc1ccc(N)cc1N. The van der Waals surface area contributed by atoms with E-state index in [0.29, 0.717) is 22.7 Å². The van der Waals surface area contributed by atoms with Gasteiger partial charge in [-0.25, -0.2) is 4.79 Å². The van der Waals surface area contributed by atoms with E-state index in [2.05, 4.69) is 6.58 Å². The fraction of sp³-hybridized carbons (Fsp3) is 0.375. The Hall–Kier alpha value is -2.15. The molecule has 0 aliphatic carbocycles. The lowest BCUT2D eigenvalue weighted by Gasteiger charge is -2.12. The highest BCUT2D eigenvalue weighted by atomic mass is 32.2. The van der Waals surface area contributed by atoms with Crippen molar-refractivity contribution in [3.8, 4) is 0 Å². The van der Waals surface area contributed by atoms with E-state index in [4.69, 9.17) is 20.9 Å². The van der Waals surface area contributed by atoms with E-state index in [1.165, 1.54) is 11.8 Å². The first kappa shape index (κ1) is 18.9. The summed E-state index contributed by atoms with van der Waals surface area (Å²) in [6, 6.07) is 5.27. The Morgan fingerprint density at radius 2 is 1.91 bits per heavy atom. The van der Waals surface area contributed by atoms with Gasteiger partial charge < -0.3 is 20.9 Å². The first-order valence-corrected chi connectivity index (χ1v) is 8.07. The molecule has 6 nitrogen and oxygen atoms in total. The van der Waals surface area contributed by atoms with Crippen molar-refractivity contribution in [3.05, 3.63) is 30.4 Å². The average Bonchev–Trinajstić information content (AvgIpc) is 2.49. The number of ether oxygens (including phenoxy) is 2. The van der Waals surface area contributed by atoms with Gasteiger partial charge in [-0.1, -0.05) is 13.5 Å². The van der Waals surface area contributed by atoms with Crippen LogP contribution in [0.3, 0.4) is 0 Å². The van der Waals surface area contributed by atoms with Crippen LogP contribution in [0, 0.1) is 5.92 Å². The molecule has 0 heterocycles. The quantitative estimate of drug-likeness (QED) is 0.246. The van der Waals surface area contributed by atoms with Gasteiger partial charge in [0.1, 0.15) is 13.2 Å². The minimum Gasteiger partial charge on any atom is -0.462 e. The van der Waals surface area contributed by atoms with Crippen molar-refractivity contribution in [2.24, 2.45) is 5.92 Å². The second-order valence-corrected chi connectivity index (χ2v) is 6.15. The summed E-state index contributed by atoms with van der Waals surface area (Å²) in [5.41, 5.74) is 13.0. The highest BCUT2D eigenvalue weighted by Crippen LogP contribution is 2.28. The molecule has 1 aromatic carbocycles. The molecule has 23 heavy (non-hydrogen) atoms. The first-order chi connectivity index (χ1) is 10.8. The smallest absolute Gasteiger partial charge is 0.333 e. The highest BCUT2D eigenvalue weighted by molar-refractivity contribution is 7.99. The lowest BCUT2D eigenvalue weighted by molar-refractivity contribution is -0.152. The van der Waals surface area contributed by atoms with Gasteiger partial charge >= 0.3 is 11.9 Å². The Labute approximate surface area is 140 Å². The molecule has 4 N–H and O–H groups in total. The van der Waals surface area contributed by atoms with E-state index >= 15 is 0 Å². The van der Waals surface area contributed by atoms with E-state index < -0.39 is 5.97 Å². The second kappa shape index (κ2) is 9.09. The molecular weight excluding hydrogens is 316 g/mol. The molecule has 0 bridgehead atoms. The van der Waals surface area contributed by atoms with Crippen LogP contribution in [0.25, 0.3) is 0 Å². The maximum Gasteiger partial charge on any atom is 0.333 e. The molecular formula is C16H22N2O4S. The third kappa shape index (κ3) is 6.65. The molecule has 0 aliphatic heterocycles. The van der Waals surface area contributed by atoms with Gasteiger partial charge in [-0.15, -0.1) is 11.8 Å². The molecule has 0 aliphatic rings. The summed E-state index contributed by atoms with van der Waals surface area (Å²) in [5, 5.41) is 0. The van der Waals surface area contributed by atoms with Gasteiger partial charge in [-0.3, -0.25) is 4.79 Å². The summed E-state index contributed by atoms with van der Waals surface area (Å²) in [4.78, 5) is 23.9. The lowest BCUT2D eigenvalue weighted by atomic mass is 10.2. The number of hydrogen-bond donors (Lipinski definition) is 2. The summed E-state index contributed by atoms with van der Waals surface area (Å²) >= 11 is 1.46. The molecule has 0 amide bonds. The highest BCUT2D eigenvalue weighted by Gasteiger charge is 2.16. The molecule has 0 fully saturated rings. The number of nitrogens with two attached hydrogens (primary N) is 2. The Kier molecular flexibility index (Phi) is 7.47. The summed E-state index contributed by atoms with van der Waals surface area (Å²) in [6.45, 7) is 6.82. The van der Waals surface area contributed by atoms with Crippen LogP contribution in [0.15, 0.2) is 35.2 Å². The minimum absolute atomic E-state index is 0.0161. The number of rotatable bonds is 8. The van der Waals surface area contributed by atoms with Gasteiger partial charge in [0.25, 0.3) is 0 Å². The molecule has 7 heteroatoms. The second-order valence-electron chi connectivity index (χ2n) is 5.09. The van der Waals surface area contributed by atoms with Crippen molar-refractivity contribution in [1.29, 1.82) is 0 Å². The zero-order valence-corrected chi connectivity index (χ0v) is 14.2. The van der Waals surface area contributed by atoms with Crippen molar-refractivity contribution in [3.63, 3.8) is 0 Å². The Morgan fingerprint density at radius 1 is 1.26 bits per heavy atom. The van der Waals surface area contributed by atoms with Crippen LogP contribution in [0.4, 0.5) is 11.4 Å². The van der Waals surface area contributed by atoms with E-state index in [1.54, 1.807) is 26.0 Å². The van der Waals surface area contributed by atoms with Crippen molar-refractivity contribution >= 4 is 35.1 Å². The number of thioether (sulfide) groups is 1. The van der Waals surface area contributed by atoms with Gasteiger partial charge in [-0.2, -0.15) is 0 Å². The number of hydrogen-bond acceptors (Lipinski definition) is 7. The summed E-state index contributed by atoms with van der Waals surface area (Å²) in [5.74, 6) is -0.631. The van der Waals surface area contributed by atoms with Crippen molar-refractivity contribution < 1.29 is 19.1 Å². The van der Waals surface area contributed by atoms with Gasteiger partial charge in [-0.05, 0) is 25.1 Å². The van der Waals surface area contributed by atoms with Crippen LogP contribution in [-0.2, 0) is 19.1 Å². The van der Waals surface area contributed by atoms with Crippen LogP contribution >= 0.6 is 11.8 Å². The minimum atomic E-state index is -0.497. The molecule has 126 valence electrons. The van der Waals surface area contributed by atoms with Crippen LogP contribution in [-0.4, -0.2) is 30.9 Å². The molecule has 0 spiro atoms. The number of carbonyl (C=O) groups is 2. The fourth-order valence-electron chi connectivity index (χ4n) is 1.52. The average molecular weight is 338 g/mol. The molecule has 1 rings (SSSR count). The number of nitrogen functional groups attached to an aromatic ring is 2. The maximum atomic E-state index is 11.8. The number of benzene rings is 1. The van der Waals surface area contributed by atoms with Crippen molar-refractivity contribution in [2.75, 3.05) is 30.4 Å². The lowest BCUT2D eigenvalue weighted by Crippen LogP contribution is -2.20. The molecule has 0 saturated carbocycles. The van der Waals surface area contributed by atoms with Crippen LogP contribution in [0.2, 0.25) is 0 Å². The Morgan fingerprint density at radius 3 is 2.52 bits per heavy atom. The van der Waals surface area contributed by atoms with E-state index in [9.17, 15) is 9.59 Å². The molecule has 1 atom stereocenters. The van der Waals surface area contributed by atoms with E-state index in [1.807, 2.05) is 6.07 Å². The Bertz CT molecular complexity index is 589. The largest absolute Gasteiger partial charge is 0.462 e. The Balaban J connectivity index is 2.31. The molecule has 1 aromatic rings. The normalized spacial score (nSPS) is 11.6. The number of carbonyl (C=O) groups excluding carboxylic acids is 2. The topological polar surface area (TPSA) is 105 Å². The predicted molar refractivity (Wildman–Crippen MR) is 91.9 cm³/mol. The van der Waals surface area contributed by atoms with Gasteiger partial charge in [0.15, 0.2) is 0 Å². The molecule has 1 unspecified atom stereocenters. The number of anilines is 2. The van der Waals surface area contributed by atoms with Gasteiger partial charge in [0.2, 0.25) is 0 Å². The third-order valence-electron chi connectivity index (χ3n) is 2.83. The van der Waals surface area contributed by atoms with E-state index in [0.717, 1.165) is 4.90 Å². The standard InChI is InChI=1S/C16H22N2O4S/c1-10(2)15(19)21-6-7-22-16(20)11(3)9-23-14-5-4-12(17)8-13(14)18/h4-5,8,11H,1,6-7,9,17-18H2,2-3H3. The summed E-state index contributed by atoms with van der Waals surface area (Å²) in [6.07, 6.45) is 0. The van der Waals surface area contributed by atoms with Gasteiger partial charge in [0.05, 0.1) is 5.92 Å². The fourth-order valence-corrected chi connectivity index (χ4v) is 2.48. The van der Waals surface area contributed by atoms with Gasteiger partial charge in [0, 0.05) is 27.6 Å². The summed E-state index contributed by atoms with van der Waals surface area (Å²) in [7, 11) is 0. The number of esters is 2. The third-order valence-corrected chi connectivity index (χ3v) is 4.18. The first-order valence-electron chi connectivity index (χ1n) is 7.08.